The second-order valence-electron chi connectivity index (χ2n) is 17.1. The molecule has 0 aromatic heterocycles. The smallest absolute Gasteiger partial charge is 0.416 e. The summed E-state index contributed by atoms with van der Waals surface area (Å²) in [6, 6.07) is 41.9. The molecule has 2 heterocycles. The van der Waals surface area contributed by atoms with E-state index in [-0.39, 0.29) is 24.0 Å². The van der Waals surface area contributed by atoms with E-state index >= 15 is 0 Å². The zero-order chi connectivity index (χ0) is 47.5. The van der Waals surface area contributed by atoms with Crippen molar-refractivity contribution in [3.8, 4) is 34.1 Å². The molecule has 67 heavy (non-hydrogen) atoms. The van der Waals surface area contributed by atoms with Crippen molar-refractivity contribution in [1.29, 1.82) is 5.26 Å². The van der Waals surface area contributed by atoms with E-state index in [2.05, 4.69) is 34.9 Å². The number of ether oxygens (including phenoxy) is 3. The van der Waals surface area contributed by atoms with Crippen molar-refractivity contribution >= 4 is 11.6 Å². The van der Waals surface area contributed by atoms with Gasteiger partial charge in [-0.2, -0.15) is 31.6 Å². The van der Waals surface area contributed by atoms with Crippen molar-refractivity contribution < 1.29 is 40.6 Å². The summed E-state index contributed by atoms with van der Waals surface area (Å²) in [7, 11) is 1.48. The van der Waals surface area contributed by atoms with Crippen molar-refractivity contribution in [3.05, 3.63) is 183 Å². The number of piperidine rings is 2. The number of benzene rings is 6. The summed E-state index contributed by atoms with van der Waals surface area (Å²) in [5.41, 5.74) is 3.81. The number of hydrogen-bond acceptors (Lipinski definition) is 6. The lowest BCUT2D eigenvalue weighted by Gasteiger charge is -2.38. The van der Waals surface area contributed by atoms with Crippen molar-refractivity contribution in [2.75, 3.05) is 46.5 Å². The Morgan fingerprint density at radius 3 is 1.54 bits per heavy atom. The number of rotatable bonds is 13. The second kappa shape index (κ2) is 22.0. The quantitative estimate of drug-likeness (QED) is 0.112. The lowest BCUT2D eigenvalue weighted by molar-refractivity contribution is -0.138. The molecule has 350 valence electrons. The average molecular weight is 940 g/mol. The molecule has 6 nitrogen and oxygen atoms in total. The molecule has 2 fully saturated rings. The first-order valence-electron chi connectivity index (χ1n) is 22.2. The van der Waals surface area contributed by atoms with Gasteiger partial charge in [0, 0.05) is 21.4 Å². The average Bonchev–Trinajstić information content (AvgIpc) is 3.34. The number of nitrogens with zero attached hydrogens (tertiary/aromatic N) is 1. The molecule has 0 aliphatic carbocycles. The third-order valence-electron chi connectivity index (χ3n) is 12.6. The van der Waals surface area contributed by atoms with Crippen LogP contribution in [0.2, 0.25) is 5.02 Å². The first-order valence-corrected chi connectivity index (χ1v) is 22.5. The highest BCUT2D eigenvalue weighted by molar-refractivity contribution is 6.31. The number of alkyl halides is 6. The van der Waals surface area contributed by atoms with E-state index in [1.165, 1.54) is 18.2 Å². The highest BCUT2D eigenvalue weighted by Gasteiger charge is 2.37. The third-order valence-corrected chi connectivity index (χ3v) is 12.9. The number of methoxy groups -OCH3 is 1. The van der Waals surface area contributed by atoms with Crippen LogP contribution in [0.4, 0.5) is 26.3 Å². The largest absolute Gasteiger partial charge is 0.496 e. The van der Waals surface area contributed by atoms with Crippen molar-refractivity contribution in [3.63, 3.8) is 0 Å². The molecule has 0 unspecified atom stereocenters. The van der Waals surface area contributed by atoms with E-state index in [4.69, 9.17) is 31.1 Å². The van der Waals surface area contributed by atoms with Gasteiger partial charge in [0.2, 0.25) is 0 Å². The molecule has 0 radical (unpaired) electrons. The summed E-state index contributed by atoms with van der Waals surface area (Å²) in [4.78, 5) is 0. The summed E-state index contributed by atoms with van der Waals surface area (Å²) < 4.78 is 99.5. The van der Waals surface area contributed by atoms with Crippen molar-refractivity contribution in [2.24, 2.45) is 0 Å². The van der Waals surface area contributed by atoms with Crippen LogP contribution in [0.15, 0.2) is 140 Å². The van der Waals surface area contributed by atoms with Crippen molar-refractivity contribution in [2.45, 2.75) is 62.1 Å². The standard InChI is InChI=1S/C27H27ClF3NO2.C27H25F3N2O/c1-33-25-8-7-23(28)16-24(25)20-13-19(14-22(15-20)27(29,30)31)17-34-18-26(9-11-32-12-10-26)21-5-3-2-4-6-21;28-27(29,30)25-15-21(14-23(16-25)22-6-4-5-20(13-22)17-31)18-33-19-26(9-11-32-12-10-26)24-7-2-1-3-8-24/h2-8,13-16,32H,9-12,17-18H2,1H3;1-8,13-16,32H,9-12,18-19H2. The van der Waals surface area contributed by atoms with E-state index in [9.17, 15) is 26.3 Å². The molecule has 2 aliphatic rings. The Kier molecular flexibility index (Phi) is 16.1. The zero-order valence-electron chi connectivity index (χ0n) is 37.1. The van der Waals surface area contributed by atoms with E-state index in [0.717, 1.165) is 76.1 Å². The first-order chi connectivity index (χ1) is 32.2. The molecule has 2 N–H and O–H groups in total. The summed E-state index contributed by atoms with van der Waals surface area (Å²) in [5.74, 6) is 0.452. The SMILES string of the molecule is COc1ccc(Cl)cc1-c1cc(COCC2(c3ccccc3)CCNCC2)cc(C(F)(F)F)c1.N#Cc1cccc(-c2cc(COCC3(c4ccccc4)CCNCC3)cc(C(F)(F)F)c2)c1. The van der Waals surface area contributed by atoms with Gasteiger partial charge < -0.3 is 24.8 Å². The third kappa shape index (κ3) is 12.7. The van der Waals surface area contributed by atoms with E-state index in [1.807, 2.05) is 42.5 Å². The first kappa shape index (κ1) is 49.2. The molecular weight excluding hydrogens is 888 g/mol. The number of nitriles is 1. The lowest BCUT2D eigenvalue weighted by Crippen LogP contribution is -2.43. The minimum atomic E-state index is -4.49. The topological polar surface area (TPSA) is 75.5 Å². The molecular formula is C54H52ClF6N3O3. The predicted molar refractivity (Wildman–Crippen MR) is 250 cm³/mol. The zero-order valence-corrected chi connectivity index (χ0v) is 37.8. The predicted octanol–water partition coefficient (Wildman–Crippen LogP) is 13.0. The highest BCUT2D eigenvalue weighted by atomic mass is 35.5. The van der Waals surface area contributed by atoms with Gasteiger partial charge in [-0.05, 0) is 158 Å². The fraction of sp³-hybridized carbons (Fsp3) is 0.315. The van der Waals surface area contributed by atoms with Gasteiger partial charge in [0.25, 0.3) is 0 Å². The van der Waals surface area contributed by atoms with Crippen LogP contribution in [-0.2, 0) is 45.9 Å². The van der Waals surface area contributed by atoms with Gasteiger partial charge in [-0.25, -0.2) is 0 Å². The van der Waals surface area contributed by atoms with E-state index in [0.29, 0.717) is 62.9 Å². The van der Waals surface area contributed by atoms with Gasteiger partial charge in [-0.1, -0.05) is 84.4 Å². The summed E-state index contributed by atoms with van der Waals surface area (Å²) in [6.07, 6.45) is -5.33. The summed E-state index contributed by atoms with van der Waals surface area (Å²) in [5, 5.41) is 16.3. The second-order valence-corrected chi connectivity index (χ2v) is 17.6. The fourth-order valence-electron chi connectivity index (χ4n) is 9.03. The number of nitrogens with one attached hydrogen (secondary N) is 2. The van der Waals surface area contributed by atoms with Crippen LogP contribution in [-0.4, -0.2) is 46.5 Å². The highest BCUT2D eigenvalue weighted by Crippen LogP contribution is 2.40. The maximum absolute atomic E-state index is 13.7. The molecule has 8 rings (SSSR count). The molecule has 6 aromatic rings. The Morgan fingerprint density at radius 1 is 0.567 bits per heavy atom. The Hall–Kier alpha value is -5.68. The van der Waals surface area contributed by atoms with Gasteiger partial charge in [0.05, 0.1) is 56.3 Å². The molecule has 0 saturated carbocycles. The van der Waals surface area contributed by atoms with Crippen LogP contribution in [0.3, 0.4) is 0 Å². The minimum absolute atomic E-state index is 0.0712. The minimum Gasteiger partial charge on any atom is -0.496 e. The van der Waals surface area contributed by atoms with Gasteiger partial charge in [-0.15, -0.1) is 0 Å². The van der Waals surface area contributed by atoms with Gasteiger partial charge >= 0.3 is 12.4 Å². The summed E-state index contributed by atoms with van der Waals surface area (Å²) in [6.45, 7) is 4.53. The maximum atomic E-state index is 13.7. The molecule has 0 spiro atoms. The van der Waals surface area contributed by atoms with Crippen LogP contribution in [0.1, 0.15) is 64.6 Å². The van der Waals surface area contributed by atoms with Gasteiger partial charge in [0.1, 0.15) is 5.75 Å². The Morgan fingerprint density at radius 2 is 1.06 bits per heavy atom. The van der Waals surface area contributed by atoms with E-state index < -0.39 is 23.5 Å². The Balaban J connectivity index is 0.000000199. The van der Waals surface area contributed by atoms with Gasteiger partial charge in [-0.3, -0.25) is 0 Å². The molecule has 0 atom stereocenters. The van der Waals surface area contributed by atoms with Crippen LogP contribution < -0.4 is 15.4 Å². The molecule has 13 heteroatoms. The monoisotopic (exact) mass is 939 g/mol. The fourth-order valence-corrected chi connectivity index (χ4v) is 9.20. The number of halogens is 7. The Bertz CT molecular complexity index is 2610. The molecule has 0 amide bonds. The number of hydrogen-bond donors (Lipinski definition) is 2. The van der Waals surface area contributed by atoms with Crippen LogP contribution in [0.5, 0.6) is 5.75 Å². The maximum Gasteiger partial charge on any atom is 0.416 e. The molecule has 2 aliphatic heterocycles. The molecule has 6 aromatic carbocycles. The lowest BCUT2D eigenvalue weighted by atomic mass is 9.74. The van der Waals surface area contributed by atoms with Crippen LogP contribution in [0.25, 0.3) is 22.3 Å². The summed E-state index contributed by atoms with van der Waals surface area (Å²) >= 11 is 6.13. The molecule has 2 saturated heterocycles. The van der Waals surface area contributed by atoms with Gasteiger partial charge in [0.15, 0.2) is 0 Å². The Labute approximate surface area is 392 Å². The normalized spacial score (nSPS) is 15.7. The van der Waals surface area contributed by atoms with Crippen molar-refractivity contribution in [1.82, 2.24) is 10.6 Å². The van der Waals surface area contributed by atoms with E-state index in [1.54, 1.807) is 54.6 Å². The van der Waals surface area contributed by atoms with Crippen LogP contribution in [0, 0.1) is 11.3 Å². The molecule has 0 bridgehead atoms. The van der Waals surface area contributed by atoms with Crippen LogP contribution >= 0.6 is 11.6 Å².